The molecule has 0 aromatic carbocycles. The van der Waals surface area contributed by atoms with Crippen LogP contribution in [-0.2, 0) is 4.52 Å². The molecule has 0 amide bonds. The second-order valence-electron chi connectivity index (χ2n) is 2.08. The highest BCUT2D eigenvalue weighted by Gasteiger charge is 1.87. The SMILES string of the molecule is C=C/C=C(C)\C=C(\C)OPCl. The zero-order chi connectivity index (χ0) is 8.69. The Balaban J connectivity index is 4.06. The highest BCUT2D eigenvalue weighted by Crippen LogP contribution is 2.22. The maximum Gasteiger partial charge on any atom is 0.168 e. The Kier molecular flexibility index (Phi) is 6.30. The smallest absolute Gasteiger partial charge is 0.168 e. The van der Waals surface area contributed by atoms with E-state index in [1.165, 1.54) is 0 Å². The van der Waals surface area contributed by atoms with E-state index in [0.717, 1.165) is 11.3 Å². The monoisotopic (exact) mass is 190 g/mol. The Morgan fingerprint density at radius 3 is 2.64 bits per heavy atom. The molecule has 0 bridgehead atoms. The summed E-state index contributed by atoms with van der Waals surface area (Å²) in [6, 6.07) is 0. The zero-order valence-electron chi connectivity index (χ0n) is 6.73. The highest BCUT2D eigenvalue weighted by molar-refractivity contribution is 7.64. The first-order valence-corrected chi connectivity index (χ1v) is 5.12. The van der Waals surface area contributed by atoms with Crippen molar-refractivity contribution in [3.8, 4) is 0 Å². The molecule has 0 aromatic heterocycles. The van der Waals surface area contributed by atoms with Gasteiger partial charge in [0.05, 0.1) is 5.76 Å². The minimum absolute atomic E-state index is 0.00940. The molecule has 0 spiro atoms. The van der Waals surface area contributed by atoms with Crippen molar-refractivity contribution in [1.82, 2.24) is 0 Å². The number of hydrogen-bond acceptors (Lipinski definition) is 1. The van der Waals surface area contributed by atoms with Crippen LogP contribution in [0.2, 0.25) is 0 Å². The van der Waals surface area contributed by atoms with Crippen LogP contribution >= 0.6 is 19.4 Å². The lowest BCUT2D eigenvalue weighted by molar-refractivity contribution is 0.496. The van der Waals surface area contributed by atoms with Crippen molar-refractivity contribution in [2.45, 2.75) is 13.8 Å². The first kappa shape index (κ1) is 10.7. The van der Waals surface area contributed by atoms with Crippen LogP contribution in [0.3, 0.4) is 0 Å². The summed E-state index contributed by atoms with van der Waals surface area (Å²) in [5.74, 6) is 0.828. The summed E-state index contributed by atoms with van der Waals surface area (Å²) in [5.41, 5.74) is 1.10. The molecular weight excluding hydrogens is 179 g/mol. The Morgan fingerprint density at radius 1 is 1.55 bits per heavy atom. The third-order valence-corrected chi connectivity index (χ3v) is 1.64. The van der Waals surface area contributed by atoms with Gasteiger partial charge in [-0.1, -0.05) is 30.0 Å². The van der Waals surface area contributed by atoms with E-state index >= 15 is 0 Å². The van der Waals surface area contributed by atoms with Crippen LogP contribution < -0.4 is 0 Å². The summed E-state index contributed by atoms with van der Waals surface area (Å²) in [6.45, 7) is 7.43. The van der Waals surface area contributed by atoms with Crippen molar-refractivity contribution < 1.29 is 4.52 Å². The zero-order valence-corrected chi connectivity index (χ0v) is 8.48. The van der Waals surface area contributed by atoms with E-state index in [0.29, 0.717) is 0 Å². The van der Waals surface area contributed by atoms with Crippen LogP contribution in [0.5, 0.6) is 0 Å². The van der Waals surface area contributed by atoms with Crippen molar-refractivity contribution in [1.29, 1.82) is 0 Å². The van der Waals surface area contributed by atoms with Gasteiger partial charge in [0.25, 0.3) is 0 Å². The predicted octanol–water partition coefficient (Wildman–Crippen LogP) is 3.79. The summed E-state index contributed by atoms with van der Waals surface area (Å²) < 4.78 is 5.04. The normalized spacial score (nSPS) is 14.1. The molecule has 1 nitrogen and oxygen atoms in total. The van der Waals surface area contributed by atoms with Gasteiger partial charge in [0.15, 0.2) is 8.16 Å². The maximum atomic E-state index is 5.38. The van der Waals surface area contributed by atoms with Gasteiger partial charge in [0.1, 0.15) is 0 Å². The molecular formula is C8H12ClOP. The lowest BCUT2D eigenvalue weighted by atomic mass is 10.2. The molecule has 1 atom stereocenters. The topological polar surface area (TPSA) is 9.23 Å². The van der Waals surface area contributed by atoms with E-state index in [1.54, 1.807) is 6.08 Å². The molecule has 62 valence electrons. The lowest BCUT2D eigenvalue weighted by Gasteiger charge is -1.99. The molecule has 0 heterocycles. The van der Waals surface area contributed by atoms with Gasteiger partial charge in [-0.15, -0.1) is 0 Å². The van der Waals surface area contributed by atoms with Gasteiger partial charge in [-0.3, -0.25) is 0 Å². The summed E-state index contributed by atoms with van der Waals surface area (Å²) in [5, 5.41) is 0. The third-order valence-electron chi connectivity index (χ3n) is 1.01. The summed E-state index contributed by atoms with van der Waals surface area (Å²) in [7, 11) is -0.00940. The Morgan fingerprint density at radius 2 is 2.18 bits per heavy atom. The van der Waals surface area contributed by atoms with Gasteiger partial charge in [-0.2, -0.15) is 0 Å². The fraction of sp³-hybridized carbons (Fsp3) is 0.250. The quantitative estimate of drug-likeness (QED) is 0.372. The molecule has 1 unspecified atom stereocenters. The number of rotatable bonds is 4. The number of allylic oxidation sites excluding steroid dienone is 5. The van der Waals surface area contributed by atoms with Crippen molar-refractivity contribution in [3.05, 3.63) is 36.1 Å². The second-order valence-corrected chi connectivity index (χ2v) is 2.90. The Bertz CT molecular complexity index is 185. The summed E-state index contributed by atoms with van der Waals surface area (Å²) in [4.78, 5) is 0. The van der Waals surface area contributed by atoms with Crippen molar-refractivity contribution in [3.63, 3.8) is 0 Å². The van der Waals surface area contributed by atoms with E-state index < -0.39 is 0 Å². The molecule has 0 N–H and O–H groups in total. The minimum atomic E-state index is -0.00940. The van der Waals surface area contributed by atoms with Gasteiger partial charge in [-0.25, -0.2) is 0 Å². The van der Waals surface area contributed by atoms with Crippen LogP contribution in [0.15, 0.2) is 36.1 Å². The molecule has 0 aliphatic heterocycles. The molecule has 0 aromatic rings. The van der Waals surface area contributed by atoms with Crippen molar-refractivity contribution >= 4 is 19.4 Å². The van der Waals surface area contributed by atoms with Crippen molar-refractivity contribution in [2.75, 3.05) is 0 Å². The maximum absolute atomic E-state index is 5.38. The average Bonchev–Trinajstić information content (AvgIpc) is 1.87. The molecule has 0 rings (SSSR count). The van der Waals surface area contributed by atoms with Gasteiger partial charge in [-0.05, 0) is 25.5 Å². The Hall–Kier alpha value is -0.260. The molecule has 0 aliphatic rings. The van der Waals surface area contributed by atoms with Gasteiger partial charge < -0.3 is 4.52 Å². The molecule has 0 radical (unpaired) electrons. The summed E-state index contributed by atoms with van der Waals surface area (Å²) >= 11 is 5.38. The van der Waals surface area contributed by atoms with Crippen LogP contribution in [0.1, 0.15) is 13.8 Å². The third kappa shape index (κ3) is 6.15. The lowest BCUT2D eigenvalue weighted by Crippen LogP contribution is -1.75. The second kappa shape index (κ2) is 6.45. The summed E-state index contributed by atoms with van der Waals surface area (Å²) in [6.07, 6.45) is 5.56. The fourth-order valence-corrected chi connectivity index (χ4v) is 1.19. The van der Waals surface area contributed by atoms with Crippen molar-refractivity contribution in [2.24, 2.45) is 0 Å². The van der Waals surface area contributed by atoms with E-state index in [1.807, 2.05) is 26.0 Å². The largest absolute Gasteiger partial charge is 0.466 e. The fourth-order valence-electron chi connectivity index (χ4n) is 0.645. The van der Waals surface area contributed by atoms with E-state index in [-0.39, 0.29) is 8.16 Å². The van der Waals surface area contributed by atoms with Crippen LogP contribution in [-0.4, -0.2) is 0 Å². The highest BCUT2D eigenvalue weighted by atomic mass is 35.7. The first-order valence-electron chi connectivity index (χ1n) is 3.20. The predicted molar refractivity (Wildman–Crippen MR) is 53.0 cm³/mol. The molecule has 11 heavy (non-hydrogen) atoms. The van der Waals surface area contributed by atoms with Gasteiger partial charge in [0, 0.05) is 0 Å². The van der Waals surface area contributed by atoms with E-state index in [9.17, 15) is 0 Å². The van der Waals surface area contributed by atoms with E-state index in [2.05, 4.69) is 6.58 Å². The first-order chi connectivity index (χ1) is 5.20. The van der Waals surface area contributed by atoms with E-state index in [4.69, 9.17) is 15.8 Å². The molecule has 3 heteroatoms. The molecule has 0 saturated carbocycles. The van der Waals surface area contributed by atoms with Crippen LogP contribution in [0.25, 0.3) is 0 Å². The van der Waals surface area contributed by atoms with Crippen LogP contribution in [0.4, 0.5) is 0 Å². The molecule has 0 aliphatic carbocycles. The minimum Gasteiger partial charge on any atom is -0.466 e. The number of hydrogen-bond donors (Lipinski definition) is 0. The average molecular weight is 191 g/mol. The molecule has 0 fully saturated rings. The molecule has 0 saturated heterocycles. The number of halogens is 1. The van der Waals surface area contributed by atoms with Crippen LogP contribution in [0, 0.1) is 0 Å². The Labute approximate surface area is 74.4 Å². The standard InChI is InChI=1S/C8H12ClOP/c1-4-5-7(2)6-8(3)10-11-9/h4-6,11H,1H2,2-3H3/b7-5-,8-6-. The van der Waals surface area contributed by atoms with Gasteiger partial charge >= 0.3 is 0 Å². The van der Waals surface area contributed by atoms with Gasteiger partial charge in [0.2, 0.25) is 0 Å².